The molecule has 8 radical (unpaired) electrons. The van der Waals surface area contributed by atoms with Gasteiger partial charge in [-0.3, -0.25) is 0 Å². The Hall–Kier alpha value is -0.650. The standard InChI is InChI=1S/C17H21B4ClN4O/c18-16(19)11-8-26(7-10-3-5-27-6-4-10)9-12(11)17(20,21)15(16)23-14-2-1-13(22)24-25-14/h1-2,10-12,15H,3-9H2,(H,23,25)/t11-,12+,15?. The van der Waals surface area contributed by atoms with Gasteiger partial charge in [-0.1, -0.05) is 22.0 Å². The fourth-order valence-electron chi connectivity index (χ4n) is 4.99. The van der Waals surface area contributed by atoms with Gasteiger partial charge in [0.05, 0.1) is 31.4 Å². The maximum Gasteiger partial charge on any atom is 0.151 e. The molecule has 2 saturated heterocycles. The van der Waals surface area contributed by atoms with Crippen molar-refractivity contribution in [3.8, 4) is 0 Å². The predicted octanol–water partition coefficient (Wildman–Crippen LogP) is 0.805. The lowest BCUT2D eigenvalue weighted by Gasteiger charge is -2.42. The van der Waals surface area contributed by atoms with E-state index in [0.29, 0.717) is 16.9 Å². The van der Waals surface area contributed by atoms with Crippen LogP contribution in [0.5, 0.6) is 0 Å². The lowest BCUT2D eigenvalue weighted by molar-refractivity contribution is 0.0544. The van der Waals surface area contributed by atoms with Gasteiger partial charge in [0.2, 0.25) is 0 Å². The van der Waals surface area contributed by atoms with Crippen molar-refractivity contribution in [3.05, 3.63) is 17.3 Å². The van der Waals surface area contributed by atoms with Gasteiger partial charge in [0.15, 0.2) is 5.15 Å². The maximum absolute atomic E-state index is 6.59. The maximum atomic E-state index is 6.59. The summed E-state index contributed by atoms with van der Waals surface area (Å²) in [5.74, 6) is 1.16. The summed E-state index contributed by atoms with van der Waals surface area (Å²) in [4.78, 5) is 2.41. The topological polar surface area (TPSA) is 50.3 Å². The SMILES string of the molecule is [B]C1([B])C(Nc2ccc(Cl)nn2)C([B])([B])[C@H]2CN(CC3CCOCC3)C[C@H]21. The number of likely N-dealkylation sites (tertiary alicyclic amines) is 1. The van der Waals surface area contributed by atoms with Crippen molar-refractivity contribution in [2.24, 2.45) is 17.8 Å². The van der Waals surface area contributed by atoms with E-state index in [9.17, 15) is 0 Å². The number of hydrogen-bond donors (Lipinski definition) is 1. The Morgan fingerprint density at radius 2 is 1.70 bits per heavy atom. The number of nitrogens with one attached hydrogen (secondary N) is 1. The van der Waals surface area contributed by atoms with Gasteiger partial charge in [-0.05, 0) is 42.7 Å². The van der Waals surface area contributed by atoms with Crippen LogP contribution in [0.4, 0.5) is 5.82 Å². The summed E-state index contributed by atoms with van der Waals surface area (Å²) in [5, 5.41) is 9.26. The molecule has 134 valence electrons. The molecule has 1 saturated carbocycles. The summed E-state index contributed by atoms with van der Waals surface area (Å²) in [5.41, 5.74) is 0. The van der Waals surface area contributed by atoms with Crippen LogP contribution >= 0.6 is 11.6 Å². The predicted molar refractivity (Wildman–Crippen MR) is 110 cm³/mol. The van der Waals surface area contributed by atoms with Crippen molar-refractivity contribution < 1.29 is 4.74 Å². The fraction of sp³-hybridized carbons (Fsp3) is 0.765. The molecule has 0 aromatic carbocycles. The normalized spacial score (nSPS) is 33.0. The highest BCUT2D eigenvalue weighted by Crippen LogP contribution is 2.62. The number of hydrogen-bond acceptors (Lipinski definition) is 5. The molecule has 0 amide bonds. The van der Waals surface area contributed by atoms with Crippen molar-refractivity contribution in [2.75, 3.05) is 38.2 Å². The summed E-state index contributed by atoms with van der Waals surface area (Å²) < 4.78 is 5.46. The first-order chi connectivity index (χ1) is 12.8. The minimum absolute atomic E-state index is 0.00472. The molecule has 3 fully saturated rings. The van der Waals surface area contributed by atoms with Crippen molar-refractivity contribution >= 4 is 48.8 Å². The van der Waals surface area contributed by atoms with Gasteiger partial charge in [0.1, 0.15) is 5.82 Å². The van der Waals surface area contributed by atoms with Crippen LogP contribution in [0.3, 0.4) is 0 Å². The van der Waals surface area contributed by atoms with Gasteiger partial charge in [-0.25, -0.2) is 0 Å². The van der Waals surface area contributed by atoms with Gasteiger partial charge >= 0.3 is 0 Å². The highest BCUT2D eigenvalue weighted by atomic mass is 35.5. The van der Waals surface area contributed by atoms with E-state index in [1.165, 1.54) is 0 Å². The average Bonchev–Trinajstić information content (AvgIpc) is 3.11. The quantitative estimate of drug-likeness (QED) is 0.789. The van der Waals surface area contributed by atoms with Crippen molar-refractivity contribution in [2.45, 2.75) is 29.3 Å². The van der Waals surface area contributed by atoms with E-state index < -0.39 is 16.5 Å². The number of anilines is 1. The van der Waals surface area contributed by atoms with E-state index in [2.05, 4.69) is 20.4 Å². The Bertz CT molecular complexity index is 647. The van der Waals surface area contributed by atoms with Gasteiger partial charge in [-0.15, -0.1) is 10.2 Å². The van der Waals surface area contributed by atoms with E-state index in [-0.39, 0.29) is 11.8 Å². The molecule has 0 bridgehead atoms. The number of ether oxygens (including phenoxy) is 1. The lowest BCUT2D eigenvalue weighted by Crippen LogP contribution is -2.45. The highest BCUT2D eigenvalue weighted by molar-refractivity contribution is 6.47. The summed E-state index contributed by atoms with van der Waals surface area (Å²) in [6.07, 6.45) is 2.19. The third-order valence-corrected chi connectivity index (χ3v) is 6.66. The van der Waals surface area contributed by atoms with Gasteiger partial charge < -0.3 is 15.0 Å². The molecule has 3 atom stereocenters. The van der Waals surface area contributed by atoms with E-state index in [1.807, 2.05) is 0 Å². The van der Waals surface area contributed by atoms with Gasteiger partial charge in [-0.2, -0.15) is 0 Å². The molecule has 5 nitrogen and oxygen atoms in total. The van der Waals surface area contributed by atoms with Crippen LogP contribution in [0.1, 0.15) is 12.8 Å². The molecule has 10 heteroatoms. The number of rotatable bonds is 4. The molecule has 1 aromatic heterocycles. The van der Waals surface area contributed by atoms with Gasteiger partial charge in [0.25, 0.3) is 0 Å². The monoisotopic (exact) mass is 376 g/mol. The van der Waals surface area contributed by atoms with E-state index in [4.69, 9.17) is 47.7 Å². The Morgan fingerprint density at radius 3 is 2.26 bits per heavy atom. The highest BCUT2D eigenvalue weighted by Gasteiger charge is 2.60. The van der Waals surface area contributed by atoms with Crippen LogP contribution in [-0.2, 0) is 4.74 Å². The van der Waals surface area contributed by atoms with Crippen molar-refractivity contribution in [1.29, 1.82) is 0 Å². The van der Waals surface area contributed by atoms with Crippen LogP contribution in [-0.4, -0.2) is 85.4 Å². The molecule has 1 aliphatic carbocycles. The van der Waals surface area contributed by atoms with E-state index in [1.54, 1.807) is 12.1 Å². The van der Waals surface area contributed by atoms with Gasteiger partial charge in [0, 0.05) is 38.9 Å². The molecule has 0 spiro atoms. The average molecular weight is 376 g/mol. The Balaban J connectivity index is 1.47. The minimum Gasteiger partial charge on any atom is -0.381 e. The lowest BCUT2D eigenvalue weighted by atomic mass is 9.41. The molecule has 2 aliphatic heterocycles. The first-order valence-electron chi connectivity index (χ1n) is 9.50. The van der Waals surface area contributed by atoms with Crippen molar-refractivity contribution in [1.82, 2.24) is 15.1 Å². The zero-order valence-electron chi connectivity index (χ0n) is 15.4. The first kappa shape index (κ1) is 19.7. The molecule has 1 unspecified atom stereocenters. The molecule has 1 aromatic rings. The second-order valence-electron chi connectivity index (χ2n) is 8.31. The molecular weight excluding hydrogens is 355 g/mol. The third-order valence-electron chi connectivity index (χ3n) is 6.46. The molecule has 3 aliphatic rings. The molecular formula is C17H21B4ClN4O. The zero-order chi connectivity index (χ0) is 19.2. The largest absolute Gasteiger partial charge is 0.381 e. The minimum atomic E-state index is -1.06. The summed E-state index contributed by atoms with van der Waals surface area (Å²) in [6.45, 7) is 4.30. The molecule has 3 heterocycles. The smallest absolute Gasteiger partial charge is 0.151 e. The first-order valence-corrected chi connectivity index (χ1v) is 9.87. The Kier molecular flexibility index (Phi) is 5.32. The number of aromatic nitrogens is 2. The van der Waals surface area contributed by atoms with Crippen LogP contribution in [0.15, 0.2) is 12.1 Å². The fourth-order valence-corrected chi connectivity index (χ4v) is 5.09. The van der Waals surface area contributed by atoms with Crippen LogP contribution in [0, 0.1) is 17.8 Å². The van der Waals surface area contributed by atoms with Crippen LogP contribution in [0.2, 0.25) is 15.6 Å². The molecule has 27 heavy (non-hydrogen) atoms. The van der Waals surface area contributed by atoms with Crippen LogP contribution < -0.4 is 5.32 Å². The molecule has 4 rings (SSSR count). The summed E-state index contributed by atoms with van der Waals surface area (Å²) in [6, 6.07) is 2.83. The third kappa shape index (κ3) is 3.67. The zero-order valence-corrected chi connectivity index (χ0v) is 16.1. The van der Waals surface area contributed by atoms with Crippen LogP contribution in [0.25, 0.3) is 0 Å². The number of halogens is 1. The second kappa shape index (κ2) is 7.31. The number of nitrogens with zero attached hydrogens (tertiary/aromatic N) is 3. The van der Waals surface area contributed by atoms with Crippen molar-refractivity contribution in [3.63, 3.8) is 0 Å². The summed E-state index contributed by atoms with van der Waals surface area (Å²) in [7, 11) is 26.4. The Labute approximate surface area is 171 Å². The Morgan fingerprint density at radius 1 is 1.07 bits per heavy atom. The van der Waals surface area contributed by atoms with E-state index in [0.717, 1.165) is 45.7 Å². The van der Waals surface area contributed by atoms with E-state index >= 15 is 0 Å². The number of fused-ring (bicyclic) bond motifs is 1. The second-order valence-corrected chi connectivity index (χ2v) is 8.69. The molecule has 1 N–H and O–H groups in total. The summed E-state index contributed by atoms with van der Waals surface area (Å²) >= 11 is 5.80.